The van der Waals surface area contributed by atoms with Crippen molar-refractivity contribution in [2.24, 2.45) is 5.92 Å². The van der Waals surface area contributed by atoms with Gasteiger partial charge in [-0.05, 0) is 43.4 Å². The molecule has 2 fully saturated rings. The zero-order chi connectivity index (χ0) is 16.2. The lowest BCUT2D eigenvalue weighted by atomic mass is 10.0. The van der Waals surface area contributed by atoms with Crippen molar-refractivity contribution in [3.63, 3.8) is 0 Å². The van der Waals surface area contributed by atoms with Gasteiger partial charge in [0.25, 0.3) is 5.91 Å². The monoisotopic (exact) mass is 379 g/mol. The number of carbonyl (C=O) groups is 2. The first kappa shape index (κ1) is 16.5. The summed E-state index contributed by atoms with van der Waals surface area (Å²) in [6, 6.07) is 7.27. The summed E-state index contributed by atoms with van der Waals surface area (Å²) in [5.74, 6) is 0.464. The van der Waals surface area contributed by atoms with Crippen molar-refractivity contribution >= 4 is 27.7 Å². The van der Waals surface area contributed by atoms with E-state index < -0.39 is 0 Å². The molecule has 0 aromatic heterocycles. The summed E-state index contributed by atoms with van der Waals surface area (Å²) in [5, 5.41) is 6.28. The van der Waals surface area contributed by atoms with Crippen LogP contribution in [-0.2, 0) is 4.79 Å². The molecule has 2 saturated heterocycles. The van der Waals surface area contributed by atoms with Crippen molar-refractivity contribution in [2.45, 2.75) is 25.3 Å². The van der Waals surface area contributed by atoms with Crippen LogP contribution in [0.3, 0.4) is 0 Å². The lowest BCUT2D eigenvalue weighted by molar-refractivity contribution is -0.132. The Morgan fingerprint density at radius 1 is 1.30 bits per heavy atom. The number of carbonyl (C=O) groups excluding carboxylic acids is 2. The summed E-state index contributed by atoms with van der Waals surface area (Å²) >= 11 is 3.37. The lowest BCUT2D eigenvalue weighted by Crippen LogP contribution is -2.42. The van der Waals surface area contributed by atoms with Crippen molar-refractivity contribution in [2.75, 3.05) is 26.2 Å². The molecule has 0 radical (unpaired) electrons. The minimum atomic E-state index is -0.0825. The topological polar surface area (TPSA) is 61.4 Å². The third-order valence-electron chi connectivity index (χ3n) is 4.58. The second-order valence-corrected chi connectivity index (χ2v) is 7.23. The molecule has 3 rings (SSSR count). The molecule has 2 amide bonds. The molecule has 0 bridgehead atoms. The van der Waals surface area contributed by atoms with Crippen molar-refractivity contribution in [3.05, 3.63) is 34.3 Å². The van der Waals surface area contributed by atoms with E-state index in [0.29, 0.717) is 18.0 Å². The summed E-state index contributed by atoms with van der Waals surface area (Å²) in [7, 11) is 0. The minimum Gasteiger partial charge on any atom is -0.352 e. The van der Waals surface area contributed by atoms with E-state index in [9.17, 15) is 9.59 Å². The number of amides is 2. The second-order valence-electron chi connectivity index (χ2n) is 6.32. The number of hydrogen-bond acceptors (Lipinski definition) is 3. The fourth-order valence-electron chi connectivity index (χ4n) is 3.28. The Morgan fingerprint density at radius 2 is 2.09 bits per heavy atom. The number of benzene rings is 1. The molecule has 0 aliphatic carbocycles. The number of likely N-dealkylation sites (tertiary alicyclic amines) is 1. The van der Waals surface area contributed by atoms with Crippen molar-refractivity contribution in [3.8, 4) is 0 Å². The first-order chi connectivity index (χ1) is 11.1. The molecule has 1 aromatic carbocycles. The summed E-state index contributed by atoms with van der Waals surface area (Å²) in [5.41, 5.74) is 0.648. The number of rotatable bonds is 4. The minimum absolute atomic E-state index is 0.0689. The van der Waals surface area contributed by atoms with E-state index in [4.69, 9.17) is 0 Å². The Balaban J connectivity index is 1.46. The maximum atomic E-state index is 12.4. The van der Waals surface area contributed by atoms with E-state index >= 15 is 0 Å². The third kappa shape index (κ3) is 4.12. The van der Waals surface area contributed by atoms with Crippen LogP contribution in [0.4, 0.5) is 0 Å². The smallest absolute Gasteiger partial charge is 0.251 e. The Labute approximate surface area is 144 Å². The fourth-order valence-corrected chi connectivity index (χ4v) is 3.68. The first-order valence-corrected chi connectivity index (χ1v) is 8.99. The Kier molecular flexibility index (Phi) is 5.33. The quantitative estimate of drug-likeness (QED) is 0.837. The van der Waals surface area contributed by atoms with Crippen LogP contribution in [0.2, 0.25) is 0 Å². The molecular formula is C17H22BrN3O2. The molecule has 124 valence electrons. The Bertz CT molecular complexity index is 587. The van der Waals surface area contributed by atoms with Crippen LogP contribution in [0.1, 0.15) is 29.6 Å². The van der Waals surface area contributed by atoms with Crippen molar-refractivity contribution < 1.29 is 9.59 Å². The molecule has 6 heteroatoms. The Hall–Kier alpha value is -1.40. The van der Waals surface area contributed by atoms with E-state index in [1.807, 2.05) is 23.1 Å². The van der Waals surface area contributed by atoms with Gasteiger partial charge in [-0.1, -0.05) is 22.0 Å². The highest BCUT2D eigenvalue weighted by Crippen LogP contribution is 2.18. The van der Waals surface area contributed by atoms with Gasteiger partial charge < -0.3 is 15.5 Å². The van der Waals surface area contributed by atoms with Gasteiger partial charge in [0.15, 0.2) is 0 Å². The highest BCUT2D eigenvalue weighted by Gasteiger charge is 2.33. The zero-order valence-electron chi connectivity index (χ0n) is 13.1. The molecular weight excluding hydrogens is 358 g/mol. The van der Waals surface area contributed by atoms with Crippen molar-refractivity contribution in [1.29, 1.82) is 0 Å². The van der Waals surface area contributed by atoms with E-state index in [1.54, 1.807) is 6.07 Å². The van der Waals surface area contributed by atoms with Crippen molar-refractivity contribution in [1.82, 2.24) is 15.5 Å². The van der Waals surface area contributed by atoms with Crippen LogP contribution in [-0.4, -0.2) is 48.9 Å². The average molecular weight is 380 g/mol. The zero-order valence-corrected chi connectivity index (χ0v) is 14.6. The number of halogens is 1. The van der Waals surface area contributed by atoms with Crippen LogP contribution in [0, 0.1) is 5.92 Å². The summed E-state index contributed by atoms with van der Waals surface area (Å²) < 4.78 is 0.893. The highest BCUT2D eigenvalue weighted by molar-refractivity contribution is 9.10. The normalized spacial score (nSPS) is 24.0. The van der Waals surface area contributed by atoms with Crippen LogP contribution in [0.25, 0.3) is 0 Å². The van der Waals surface area contributed by atoms with Gasteiger partial charge in [-0.15, -0.1) is 0 Å². The molecule has 5 nitrogen and oxygen atoms in total. The molecule has 0 saturated carbocycles. The van der Waals surface area contributed by atoms with Crippen LogP contribution >= 0.6 is 15.9 Å². The molecule has 23 heavy (non-hydrogen) atoms. The van der Waals surface area contributed by atoms with Gasteiger partial charge in [-0.3, -0.25) is 9.59 Å². The number of nitrogens with zero attached hydrogens (tertiary/aromatic N) is 1. The van der Waals surface area contributed by atoms with Crippen LogP contribution in [0.5, 0.6) is 0 Å². The van der Waals surface area contributed by atoms with Gasteiger partial charge in [0.2, 0.25) is 5.91 Å². The molecule has 1 aromatic rings. The molecule has 2 heterocycles. The summed E-state index contributed by atoms with van der Waals surface area (Å²) in [6.07, 6.45) is 3.03. The third-order valence-corrected chi connectivity index (χ3v) is 5.07. The van der Waals surface area contributed by atoms with Gasteiger partial charge >= 0.3 is 0 Å². The predicted molar refractivity (Wildman–Crippen MR) is 92.2 cm³/mol. The molecule has 2 aliphatic heterocycles. The lowest BCUT2D eigenvalue weighted by Gasteiger charge is -2.20. The summed E-state index contributed by atoms with van der Waals surface area (Å²) in [4.78, 5) is 26.5. The molecule has 2 atom stereocenters. The highest BCUT2D eigenvalue weighted by atomic mass is 79.9. The second kappa shape index (κ2) is 7.45. The van der Waals surface area contributed by atoms with E-state index in [0.717, 1.165) is 43.4 Å². The molecule has 0 spiro atoms. The predicted octanol–water partition coefficient (Wildman–Crippen LogP) is 1.78. The van der Waals surface area contributed by atoms with E-state index in [2.05, 4.69) is 26.6 Å². The van der Waals surface area contributed by atoms with E-state index in [1.165, 1.54) is 0 Å². The van der Waals surface area contributed by atoms with E-state index in [-0.39, 0.29) is 17.9 Å². The molecule has 2 N–H and O–H groups in total. The van der Waals surface area contributed by atoms with Gasteiger partial charge in [0.05, 0.1) is 6.04 Å². The van der Waals surface area contributed by atoms with Gasteiger partial charge in [0, 0.05) is 36.2 Å². The summed E-state index contributed by atoms with van der Waals surface area (Å²) in [6.45, 7) is 3.16. The van der Waals surface area contributed by atoms with Gasteiger partial charge in [-0.2, -0.15) is 0 Å². The van der Waals surface area contributed by atoms with Crippen LogP contribution in [0.15, 0.2) is 28.7 Å². The maximum absolute atomic E-state index is 12.4. The first-order valence-electron chi connectivity index (χ1n) is 8.19. The number of nitrogens with one attached hydrogen (secondary N) is 2. The van der Waals surface area contributed by atoms with Gasteiger partial charge in [-0.25, -0.2) is 0 Å². The average Bonchev–Trinajstić information content (AvgIpc) is 3.23. The molecule has 2 aliphatic rings. The molecule has 2 unspecified atom stereocenters. The van der Waals surface area contributed by atoms with Gasteiger partial charge in [0.1, 0.15) is 0 Å². The number of hydrogen-bond donors (Lipinski definition) is 2. The fraction of sp³-hybridized carbons (Fsp3) is 0.529. The Morgan fingerprint density at radius 3 is 2.83 bits per heavy atom. The standard InChI is InChI=1S/C17H22BrN3O2/c18-14-5-3-4-13(9-14)16(22)20-11-12-8-15(19-10-12)17(23)21-6-1-2-7-21/h3-5,9,12,15,19H,1-2,6-8,10-11H2,(H,20,22). The largest absolute Gasteiger partial charge is 0.352 e. The maximum Gasteiger partial charge on any atom is 0.251 e. The van der Waals surface area contributed by atoms with Crippen LogP contribution < -0.4 is 10.6 Å². The SMILES string of the molecule is O=C(NCC1CNC(C(=O)N2CCCC2)C1)c1cccc(Br)c1.